The van der Waals surface area contributed by atoms with Crippen LogP contribution in [0.15, 0.2) is 0 Å². The van der Waals surface area contributed by atoms with Gasteiger partial charge in [0.05, 0.1) is 19.3 Å². The van der Waals surface area contributed by atoms with Crippen LogP contribution in [0, 0.1) is 15.6 Å². The van der Waals surface area contributed by atoms with Gasteiger partial charge in [-0.25, -0.2) is 31.3 Å². The fraction of sp³-hybridized carbons (Fsp3) is 0.800. The Morgan fingerprint density at radius 3 is 1.70 bits per heavy atom. The Labute approximate surface area is 185 Å². The third-order valence-corrected chi connectivity index (χ3v) is 4.19. The highest BCUT2D eigenvalue weighted by atomic mass is 16.8. The standard InChI is InChI=1S/C15H27N3O15/c19-9(1-4-16(24)25)30-7-8-12(22)14(32-10(20)2-5-17(26)27)13(23)15(31-8)33-11(21)3-6-18(28)29/h8,12-18,22-24,26,28H,1-7H2. The third kappa shape index (κ3) is 11.1. The Bertz CT molecular complexity index is 634. The summed E-state index contributed by atoms with van der Waals surface area (Å²) in [6.07, 6.45) is -10.7. The highest BCUT2D eigenvalue weighted by Gasteiger charge is 2.49. The van der Waals surface area contributed by atoms with Crippen molar-refractivity contribution in [3.8, 4) is 0 Å². The molecule has 1 saturated heterocycles. The van der Waals surface area contributed by atoms with Gasteiger partial charge in [0.2, 0.25) is 6.29 Å². The maximum absolute atomic E-state index is 11.9. The fourth-order valence-electron chi connectivity index (χ4n) is 2.55. The molecule has 0 aromatic rings. The number of carbonyl (C=O) groups excluding carboxylic acids is 3. The van der Waals surface area contributed by atoms with Gasteiger partial charge >= 0.3 is 17.9 Å². The van der Waals surface area contributed by atoms with Crippen LogP contribution < -0.4 is 15.7 Å². The van der Waals surface area contributed by atoms with Crippen LogP contribution in [0.4, 0.5) is 0 Å². The molecular formula is C15H27N3O15. The number of esters is 3. The van der Waals surface area contributed by atoms with Crippen molar-refractivity contribution in [2.75, 3.05) is 26.2 Å². The van der Waals surface area contributed by atoms with Crippen LogP contribution in [0.5, 0.6) is 0 Å². The summed E-state index contributed by atoms with van der Waals surface area (Å²) in [5.41, 5.74) is 0. The molecule has 0 aromatic heterocycles. The lowest BCUT2D eigenvalue weighted by atomic mass is 9.99. The number of nitrogens with one attached hydrogen (secondary N) is 3. The smallest absolute Gasteiger partial charge is 0.314 e. The Kier molecular flexibility index (Phi) is 12.5. The number of aliphatic hydroxyl groups is 2. The van der Waals surface area contributed by atoms with Crippen LogP contribution in [0.1, 0.15) is 19.3 Å². The van der Waals surface area contributed by atoms with Crippen molar-refractivity contribution in [1.82, 2.24) is 0 Å². The van der Waals surface area contributed by atoms with E-state index in [4.69, 9.17) is 34.6 Å². The van der Waals surface area contributed by atoms with E-state index in [0.717, 1.165) is 0 Å². The predicted octanol–water partition coefficient (Wildman–Crippen LogP) is -7.08. The third-order valence-electron chi connectivity index (χ3n) is 4.19. The molecule has 33 heavy (non-hydrogen) atoms. The van der Waals surface area contributed by atoms with E-state index in [0.29, 0.717) is 0 Å². The van der Waals surface area contributed by atoms with Crippen LogP contribution in [-0.4, -0.2) is 101 Å². The molecule has 1 aliphatic heterocycles. The van der Waals surface area contributed by atoms with Gasteiger partial charge in [-0.2, -0.15) is 0 Å². The van der Waals surface area contributed by atoms with Gasteiger partial charge in [-0.05, 0) is 0 Å². The largest absolute Gasteiger partial charge is 0.600 e. The second-order valence-electron chi connectivity index (χ2n) is 6.83. The van der Waals surface area contributed by atoms with Crippen molar-refractivity contribution >= 4 is 17.9 Å². The molecule has 0 aromatic carbocycles. The zero-order valence-electron chi connectivity index (χ0n) is 17.2. The molecule has 18 heteroatoms. The summed E-state index contributed by atoms with van der Waals surface area (Å²) in [7, 11) is 0. The van der Waals surface area contributed by atoms with Gasteiger partial charge in [0.15, 0.2) is 12.2 Å². The van der Waals surface area contributed by atoms with Crippen molar-refractivity contribution in [1.29, 1.82) is 0 Å². The number of ether oxygens (including phenoxy) is 4. The summed E-state index contributed by atoms with van der Waals surface area (Å²) in [6, 6.07) is 0. The Morgan fingerprint density at radius 1 is 0.758 bits per heavy atom. The summed E-state index contributed by atoms with van der Waals surface area (Å²) in [6.45, 7) is -2.44. The highest BCUT2D eigenvalue weighted by Crippen LogP contribution is 2.25. The van der Waals surface area contributed by atoms with Gasteiger partial charge in [-0.3, -0.25) is 14.4 Å². The normalized spacial score (nSPS) is 27.8. The molecular weight excluding hydrogens is 462 g/mol. The second-order valence-corrected chi connectivity index (χ2v) is 6.83. The van der Waals surface area contributed by atoms with Crippen molar-refractivity contribution < 1.29 is 74.8 Å². The average Bonchev–Trinajstić information content (AvgIpc) is 2.73. The number of quaternary nitrogens is 3. The van der Waals surface area contributed by atoms with E-state index in [-0.39, 0.29) is 0 Å². The quantitative estimate of drug-likeness (QED) is 0.0678. The minimum Gasteiger partial charge on any atom is -0.600 e. The molecule has 192 valence electrons. The van der Waals surface area contributed by atoms with Crippen LogP contribution in [0.2, 0.25) is 0 Å². The lowest BCUT2D eigenvalue weighted by molar-refractivity contribution is -1.05. The number of hydroxylamine groups is 6. The van der Waals surface area contributed by atoms with Crippen molar-refractivity contribution in [2.45, 2.75) is 50.0 Å². The van der Waals surface area contributed by atoms with E-state index >= 15 is 0 Å². The first-order valence-electron chi connectivity index (χ1n) is 9.62. The molecule has 0 saturated carbocycles. The Balaban J connectivity index is 2.85. The number of hydrogen-bond donors (Lipinski definition) is 8. The molecule has 1 heterocycles. The monoisotopic (exact) mass is 489 g/mol. The number of rotatable bonds is 13. The SMILES string of the molecule is O=C(CC[NH+]([O-])O)OCC1OC(OC(=O)CC[NH+]([O-])O)C(O)C(OC(=O)CC[NH+]([O-])O)C1O. The van der Waals surface area contributed by atoms with Gasteiger partial charge in [-0.1, -0.05) is 0 Å². The van der Waals surface area contributed by atoms with Crippen molar-refractivity contribution in [3.63, 3.8) is 0 Å². The van der Waals surface area contributed by atoms with Crippen molar-refractivity contribution in [3.05, 3.63) is 15.6 Å². The van der Waals surface area contributed by atoms with Crippen LogP contribution in [0.3, 0.4) is 0 Å². The van der Waals surface area contributed by atoms with Crippen LogP contribution >= 0.6 is 0 Å². The highest BCUT2D eigenvalue weighted by molar-refractivity contribution is 5.70. The first-order valence-corrected chi connectivity index (χ1v) is 9.62. The molecule has 1 aliphatic rings. The maximum Gasteiger partial charge on any atom is 0.314 e. The van der Waals surface area contributed by atoms with E-state index in [1.165, 1.54) is 0 Å². The van der Waals surface area contributed by atoms with Gasteiger partial charge in [0.1, 0.15) is 38.4 Å². The molecule has 0 bridgehead atoms. The molecule has 1 rings (SSSR count). The van der Waals surface area contributed by atoms with E-state index < -0.39 is 110 Å². The summed E-state index contributed by atoms with van der Waals surface area (Å²) < 4.78 is 19.7. The molecule has 0 spiro atoms. The van der Waals surface area contributed by atoms with Crippen molar-refractivity contribution in [2.24, 2.45) is 0 Å². The molecule has 18 nitrogen and oxygen atoms in total. The minimum atomic E-state index is -1.96. The molecule has 8 atom stereocenters. The minimum absolute atomic E-state index is 0.498. The zero-order valence-corrected chi connectivity index (χ0v) is 17.2. The predicted molar refractivity (Wildman–Crippen MR) is 94.4 cm³/mol. The van der Waals surface area contributed by atoms with Gasteiger partial charge in [0, 0.05) is 0 Å². The molecule has 1 fully saturated rings. The Morgan fingerprint density at radius 2 is 1.21 bits per heavy atom. The van der Waals surface area contributed by atoms with E-state index in [9.17, 15) is 40.2 Å². The second kappa shape index (κ2) is 14.2. The summed E-state index contributed by atoms with van der Waals surface area (Å²) in [4.78, 5) is 35.3. The number of hydrogen-bond acceptors (Lipinski definition) is 15. The van der Waals surface area contributed by atoms with Gasteiger partial charge < -0.3 is 44.8 Å². The summed E-state index contributed by atoms with van der Waals surface area (Å²) in [5, 5.41) is 74.4. The average molecular weight is 489 g/mol. The van der Waals surface area contributed by atoms with Gasteiger partial charge in [0.25, 0.3) is 0 Å². The Hall–Kier alpha value is -2.07. The number of aliphatic hydroxyl groups excluding tert-OH is 2. The fourth-order valence-corrected chi connectivity index (χ4v) is 2.55. The molecule has 8 N–H and O–H groups in total. The first kappa shape index (κ1) is 29.0. The first-order chi connectivity index (χ1) is 15.4. The maximum atomic E-state index is 11.9. The van der Waals surface area contributed by atoms with Crippen LogP contribution in [0.25, 0.3) is 0 Å². The van der Waals surface area contributed by atoms with E-state index in [1.807, 2.05) is 0 Å². The molecule has 8 unspecified atom stereocenters. The lowest BCUT2D eigenvalue weighted by Crippen LogP contribution is -3.04. The molecule has 0 amide bonds. The zero-order chi connectivity index (χ0) is 25.1. The van der Waals surface area contributed by atoms with Gasteiger partial charge in [-0.15, -0.1) is 0 Å². The van der Waals surface area contributed by atoms with E-state index in [2.05, 4.69) is 0 Å². The lowest BCUT2D eigenvalue weighted by Gasteiger charge is -2.41. The topological polar surface area (TPSA) is 272 Å². The summed E-state index contributed by atoms with van der Waals surface area (Å²) in [5.74, 6) is -3.19. The molecule has 0 radical (unpaired) electrons. The van der Waals surface area contributed by atoms with Crippen LogP contribution in [-0.2, 0) is 33.3 Å². The number of carbonyl (C=O) groups is 3. The molecule has 0 aliphatic carbocycles. The van der Waals surface area contributed by atoms with E-state index in [1.54, 1.807) is 0 Å². The summed E-state index contributed by atoms with van der Waals surface area (Å²) >= 11 is 0.